The molecular formula is C15H23IN6S2. The molecular weight excluding hydrogens is 455 g/mol. The minimum Gasteiger partial charge on any atom is -0.370 e. The number of guanidine groups is 1. The highest BCUT2D eigenvalue weighted by atomic mass is 127. The lowest BCUT2D eigenvalue weighted by molar-refractivity contribution is 0.380. The number of piperazine rings is 1. The van der Waals surface area contributed by atoms with E-state index in [-0.39, 0.29) is 24.0 Å². The molecule has 0 radical (unpaired) electrons. The maximum atomic E-state index is 6.15. The first-order valence-corrected chi connectivity index (χ1v) is 9.53. The van der Waals surface area contributed by atoms with Crippen molar-refractivity contribution in [3.63, 3.8) is 0 Å². The van der Waals surface area contributed by atoms with Crippen LogP contribution in [0.3, 0.4) is 0 Å². The molecule has 3 rings (SSSR count). The number of hydrogen-bond donors (Lipinski definition) is 1. The molecule has 1 saturated heterocycles. The zero-order chi connectivity index (χ0) is 16.2. The van der Waals surface area contributed by atoms with Gasteiger partial charge in [-0.3, -0.25) is 0 Å². The van der Waals surface area contributed by atoms with Crippen molar-refractivity contribution in [2.45, 2.75) is 26.3 Å². The fraction of sp³-hybridized carbons (Fsp3) is 0.533. The van der Waals surface area contributed by atoms with E-state index in [0.717, 1.165) is 42.0 Å². The second kappa shape index (κ2) is 8.95. The second-order valence-electron chi connectivity index (χ2n) is 5.78. The Hall–Kier alpha value is -0.940. The van der Waals surface area contributed by atoms with Crippen molar-refractivity contribution in [1.82, 2.24) is 14.9 Å². The average Bonchev–Trinajstić information content (AvgIpc) is 3.24. The molecule has 0 spiro atoms. The fourth-order valence-electron chi connectivity index (χ4n) is 2.41. The number of halogens is 1. The molecule has 0 atom stereocenters. The highest BCUT2D eigenvalue weighted by Gasteiger charge is 2.19. The number of aromatic nitrogens is 2. The van der Waals surface area contributed by atoms with Crippen LogP contribution in [0, 0.1) is 0 Å². The van der Waals surface area contributed by atoms with Crippen LogP contribution in [-0.4, -0.2) is 47.0 Å². The van der Waals surface area contributed by atoms with Gasteiger partial charge in [-0.25, -0.2) is 15.0 Å². The number of hydrogen-bond acceptors (Lipinski definition) is 6. The summed E-state index contributed by atoms with van der Waals surface area (Å²) in [5, 5.41) is 6.23. The molecule has 2 aromatic heterocycles. The predicted octanol–water partition coefficient (Wildman–Crippen LogP) is 2.98. The largest absolute Gasteiger partial charge is 0.370 e. The van der Waals surface area contributed by atoms with E-state index in [1.807, 2.05) is 11.6 Å². The van der Waals surface area contributed by atoms with Gasteiger partial charge in [0.15, 0.2) is 11.1 Å². The quantitative estimate of drug-likeness (QED) is 0.416. The van der Waals surface area contributed by atoms with Crippen LogP contribution >= 0.6 is 46.7 Å². The number of anilines is 1. The van der Waals surface area contributed by atoms with Crippen LogP contribution in [0.5, 0.6) is 0 Å². The van der Waals surface area contributed by atoms with Crippen LogP contribution in [-0.2, 0) is 6.54 Å². The van der Waals surface area contributed by atoms with Crippen LogP contribution in [0.2, 0.25) is 0 Å². The van der Waals surface area contributed by atoms with Gasteiger partial charge in [-0.2, -0.15) is 0 Å². The zero-order valence-electron chi connectivity index (χ0n) is 13.9. The Balaban J connectivity index is 0.00000208. The lowest BCUT2D eigenvalue weighted by atomic mass is 10.2. The van der Waals surface area contributed by atoms with Crippen molar-refractivity contribution >= 4 is 57.7 Å². The van der Waals surface area contributed by atoms with Crippen molar-refractivity contribution in [2.24, 2.45) is 10.7 Å². The van der Waals surface area contributed by atoms with Gasteiger partial charge < -0.3 is 15.5 Å². The Morgan fingerprint density at radius 3 is 2.62 bits per heavy atom. The lowest BCUT2D eigenvalue weighted by Gasteiger charge is -2.35. The number of rotatable bonds is 4. The highest BCUT2D eigenvalue weighted by Crippen LogP contribution is 2.20. The summed E-state index contributed by atoms with van der Waals surface area (Å²) in [6.45, 7) is 8.48. The lowest BCUT2D eigenvalue weighted by Crippen LogP contribution is -2.51. The number of thiazole rings is 2. The van der Waals surface area contributed by atoms with E-state index in [1.165, 1.54) is 0 Å². The van der Waals surface area contributed by atoms with Gasteiger partial charge in [0, 0.05) is 43.1 Å². The summed E-state index contributed by atoms with van der Waals surface area (Å²) in [5.41, 5.74) is 7.28. The van der Waals surface area contributed by atoms with E-state index in [4.69, 9.17) is 5.73 Å². The fourth-order valence-corrected chi connectivity index (χ4v) is 3.99. The molecule has 6 nitrogen and oxygen atoms in total. The van der Waals surface area contributed by atoms with E-state index in [9.17, 15) is 0 Å². The Bertz CT molecular complexity index is 647. The summed E-state index contributed by atoms with van der Waals surface area (Å²) >= 11 is 3.34. The Morgan fingerprint density at radius 1 is 1.29 bits per heavy atom. The third-order valence-corrected chi connectivity index (χ3v) is 5.51. The van der Waals surface area contributed by atoms with E-state index >= 15 is 0 Å². The van der Waals surface area contributed by atoms with Gasteiger partial charge in [0.25, 0.3) is 0 Å². The molecule has 3 heterocycles. The van der Waals surface area contributed by atoms with Gasteiger partial charge >= 0.3 is 0 Å². The van der Waals surface area contributed by atoms with Crippen molar-refractivity contribution in [2.75, 3.05) is 31.1 Å². The van der Waals surface area contributed by atoms with Crippen LogP contribution < -0.4 is 10.6 Å². The Kier molecular flexibility index (Phi) is 7.23. The Morgan fingerprint density at radius 2 is 2.04 bits per heavy atom. The maximum absolute atomic E-state index is 6.15. The third-order valence-electron chi connectivity index (χ3n) is 3.83. The molecule has 1 aliphatic heterocycles. The summed E-state index contributed by atoms with van der Waals surface area (Å²) in [4.78, 5) is 17.9. The van der Waals surface area contributed by atoms with E-state index in [0.29, 0.717) is 18.4 Å². The molecule has 0 amide bonds. The molecule has 9 heteroatoms. The van der Waals surface area contributed by atoms with E-state index < -0.39 is 0 Å². The minimum absolute atomic E-state index is 0. The third kappa shape index (κ3) is 4.79. The molecule has 1 aliphatic rings. The van der Waals surface area contributed by atoms with Gasteiger partial charge in [-0.1, -0.05) is 13.8 Å². The van der Waals surface area contributed by atoms with Crippen molar-refractivity contribution in [3.8, 4) is 0 Å². The summed E-state index contributed by atoms with van der Waals surface area (Å²) in [6, 6.07) is 0. The van der Waals surface area contributed by atoms with Crippen molar-refractivity contribution in [1.29, 1.82) is 0 Å². The van der Waals surface area contributed by atoms with Gasteiger partial charge in [0.2, 0.25) is 0 Å². The maximum Gasteiger partial charge on any atom is 0.191 e. The molecule has 132 valence electrons. The highest BCUT2D eigenvalue weighted by molar-refractivity contribution is 14.0. The standard InChI is InChI=1S/C15H22N6S2.HI/c1-11(2)12-10-23-13(19-12)9-18-14(16)20-4-6-21(7-5-20)15-17-3-8-22-15;/h3,8,10-11H,4-7,9H2,1-2H3,(H2,16,18);1H. The molecule has 0 bridgehead atoms. The van der Waals surface area contributed by atoms with Crippen LogP contribution in [0.25, 0.3) is 0 Å². The Labute approximate surface area is 167 Å². The SMILES string of the molecule is CC(C)c1csc(CN=C(N)N2CCN(c3nccs3)CC2)n1.I. The molecule has 24 heavy (non-hydrogen) atoms. The molecule has 0 saturated carbocycles. The van der Waals surface area contributed by atoms with Crippen molar-refractivity contribution < 1.29 is 0 Å². The molecule has 2 aromatic rings. The summed E-state index contributed by atoms with van der Waals surface area (Å²) in [5.74, 6) is 1.07. The van der Waals surface area contributed by atoms with E-state index in [1.54, 1.807) is 22.7 Å². The monoisotopic (exact) mass is 478 g/mol. The second-order valence-corrected chi connectivity index (χ2v) is 7.60. The summed E-state index contributed by atoms with van der Waals surface area (Å²) in [6.07, 6.45) is 1.85. The smallest absolute Gasteiger partial charge is 0.191 e. The molecule has 0 unspecified atom stereocenters. The van der Waals surface area contributed by atoms with Gasteiger partial charge in [0.1, 0.15) is 5.01 Å². The first-order chi connectivity index (χ1) is 11.1. The van der Waals surface area contributed by atoms with Gasteiger partial charge in [0.05, 0.1) is 12.2 Å². The topological polar surface area (TPSA) is 70.6 Å². The predicted molar refractivity (Wildman–Crippen MR) is 113 cm³/mol. The summed E-state index contributed by atoms with van der Waals surface area (Å²) in [7, 11) is 0. The molecule has 2 N–H and O–H groups in total. The zero-order valence-corrected chi connectivity index (χ0v) is 17.8. The van der Waals surface area contributed by atoms with Crippen LogP contribution in [0.15, 0.2) is 21.9 Å². The number of aliphatic imine (C=N–C) groups is 1. The number of nitrogens with zero attached hydrogens (tertiary/aromatic N) is 5. The van der Waals surface area contributed by atoms with Gasteiger partial charge in [-0.15, -0.1) is 46.7 Å². The van der Waals surface area contributed by atoms with Gasteiger partial charge in [-0.05, 0) is 5.92 Å². The normalized spacial score (nSPS) is 15.7. The van der Waals surface area contributed by atoms with Crippen LogP contribution in [0.4, 0.5) is 5.13 Å². The molecule has 1 fully saturated rings. The average molecular weight is 478 g/mol. The molecule has 0 aliphatic carbocycles. The van der Waals surface area contributed by atoms with Crippen LogP contribution in [0.1, 0.15) is 30.5 Å². The van der Waals surface area contributed by atoms with E-state index in [2.05, 4.69) is 44.0 Å². The molecule has 0 aromatic carbocycles. The first-order valence-electron chi connectivity index (χ1n) is 7.77. The number of nitrogens with two attached hydrogens (primary N) is 1. The first kappa shape index (κ1) is 19.4. The minimum atomic E-state index is 0. The van der Waals surface area contributed by atoms with Crippen molar-refractivity contribution in [3.05, 3.63) is 27.7 Å². The summed E-state index contributed by atoms with van der Waals surface area (Å²) < 4.78 is 0.